The van der Waals surface area contributed by atoms with Gasteiger partial charge in [-0.1, -0.05) is 49.2 Å². The maximum Gasteiger partial charge on any atom is 0.237 e. The minimum Gasteiger partial charge on any atom is -0.351 e. The van der Waals surface area contributed by atoms with Crippen LogP contribution in [0.2, 0.25) is 0 Å². The summed E-state index contributed by atoms with van der Waals surface area (Å²) in [5.74, 6) is 0.776. The zero-order valence-corrected chi connectivity index (χ0v) is 16.8. The number of nitrogens with zero attached hydrogens (tertiary/aromatic N) is 2. The summed E-state index contributed by atoms with van der Waals surface area (Å²) in [4.78, 5) is 29.6. The Labute approximate surface area is 168 Å². The van der Waals surface area contributed by atoms with E-state index < -0.39 is 0 Å². The molecule has 152 valence electrons. The van der Waals surface area contributed by atoms with Crippen molar-refractivity contribution in [3.8, 4) is 0 Å². The molecule has 0 spiro atoms. The Hall–Kier alpha value is -2.14. The van der Waals surface area contributed by atoms with Crippen molar-refractivity contribution in [3.63, 3.8) is 0 Å². The molecule has 0 radical (unpaired) electrons. The van der Waals surface area contributed by atoms with Gasteiger partial charge in [-0.05, 0) is 30.7 Å². The van der Waals surface area contributed by atoms with E-state index in [0.717, 1.165) is 32.4 Å². The van der Waals surface area contributed by atoms with Crippen LogP contribution in [0.25, 0.3) is 0 Å². The van der Waals surface area contributed by atoms with E-state index in [1.165, 1.54) is 18.4 Å². The predicted octanol–water partition coefficient (Wildman–Crippen LogP) is 2.62. The lowest BCUT2D eigenvalue weighted by molar-refractivity contribution is -0.135. The first-order valence-corrected chi connectivity index (χ1v) is 10.6. The van der Waals surface area contributed by atoms with E-state index in [0.29, 0.717) is 32.0 Å². The summed E-state index contributed by atoms with van der Waals surface area (Å²) in [6.45, 7) is 7.19. The summed E-state index contributed by atoms with van der Waals surface area (Å²) in [6.07, 6.45) is 7.75. The van der Waals surface area contributed by atoms with Gasteiger partial charge in [0.05, 0.1) is 6.04 Å². The molecule has 2 aliphatic rings. The van der Waals surface area contributed by atoms with Gasteiger partial charge in [-0.25, -0.2) is 0 Å². The third-order valence-electron chi connectivity index (χ3n) is 6.07. The van der Waals surface area contributed by atoms with Gasteiger partial charge in [-0.3, -0.25) is 14.5 Å². The molecule has 5 heteroatoms. The number of nitrogens with one attached hydrogen (secondary N) is 1. The average molecular weight is 384 g/mol. The molecule has 2 amide bonds. The Kier molecular flexibility index (Phi) is 7.66. The highest BCUT2D eigenvalue weighted by Gasteiger charge is 2.36. The van der Waals surface area contributed by atoms with Crippen LogP contribution in [0.1, 0.15) is 37.7 Å². The lowest BCUT2D eigenvalue weighted by Gasteiger charge is -2.40. The number of aryl methyl sites for hydroxylation is 1. The maximum absolute atomic E-state index is 12.8. The number of piperazine rings is 1. The van der Waals surface area contributed by atoms with Gasteiger partial charge in [0.25, 0.3) is 0 Å². The first kappa shape index (κ1) is 20.6. The largest absolute Gasteiger partial charge is 0.351 e. The average Bonchev–Trinajstić information content (AvgIpc) is 3.26. The first-order valence-electron chi connectivity index (χ1n) is 10.6. The molecular weight excluding hydrogens is 350 g/mol. The van der Waals surface area contributed by atoms with Gasteiger partial charge in [0.2, 0.25) is 11.8 Å². The predicted molar refractivity (Wildman–Crippen MR) is 112 cm³/mol. The second-order valence-corrected chi connectivity index (χ2v) is 7.93. The van der Waals surface area contributed by atoms with Crippen molar-refractivity contribution in [2.75, 3.05) is 32.7 Å². The highest BCUT2D eigenvalue weighted by molar-refractivity contribution is 5.82. The van der Waals surface area contributed by atoms with Crippen LogP contribution in [-0.4, -0.2) is 60.4 Å². The molecule has 3 rings (SSSR count). The Morgan fingerprint density at radius 2 is 1.79 bits per heavy atom. The van der Waals surface area contributed by atoms with Crippen molar-refractivity contribution in [1.29, 1.82) is 0 Å². The van der Waals surface area contributed by atoms with Crippen LogP contribution in [0.5, 0.6) is 0 Å². The molecule has 1 saturated carbocycles. The summed E-state index contributed by atoms with van der Waals surface area (Å²) in [6, 6.07) is 10.1. The molecule has 1 aromatic rings. The molecule has 28 heavy (non-hydrogen) atoms. The smallest absolute Gasteiger partial charge is 0.237 e. The fraction of sp³-hybridized carbons (Fsp3) is 0.565. The molecule has 1 aromatic carbocycles. The minimum atomic E-state index is -0.0657. The molecule has 1 atom stereocenters. The number of rotatable bonds is 8. The van der Waals surface area contributed by atoms with E-state index in [-0.39, 0.29) is 17.9 Å². The number of carbonyl (C=O) groups is 2. The Bertz CT molecular complexity index is 647. The van der Waals surface area contributed by atoms with Gasteiger partial charge in [0, 0.05) is 39.1 Å². The summed E-state index contributed by atoms with van der Waals surface area (Å²) in [5, 5.41) is 3.00. The highest BCUT2D eigenvalue weighted by atomic mass is 16.2. The number of benzene rings is 1. The fourth-order valence-electron chi connectivity index (χ4n) is 4.53. The van der Waals surface area contributed by atoms with Crippen molar-refractivity contribution >= 4 is 11.8 Å². The molecule has 1 N–H and O–H groups in total. The first-order chi connectivity index (χ1) is 13.7. The molecule has 0 bridgehead atoms. The normalized spacial score (nSPS) is 19.4. The third-order valence-corrected chi connectivity index (χ3v) is 6.07. The molecule has 1 aliphatic carbocycles. The highest BCUT2D eigenvalue weighted by Crippen LogP contribution is 2.31. The van der Waals surface area contributed by atoms with Crippen molar-refractivity contribution < 1.29 is 9.59 Å². The van der Waals surface area contributed by atoms with Gasteiger partial charge in [-0.15, -0.1) is 6.58 Å². The van der Waals surface area contributed by atoms with Crippen LogP contribution >= 0.6 is 0 Å². The Balaban J connectivity index is 1.52. The minimum absolute atomic E-state index is 0.0657. The fourth-order valence-corrected chi connectivity index (χ4v) is 4.53. The second-order valence-electron chi connectivity index (χ2n) is 7.93. The van der Waals surface area contributed by atoms with E-state index in [4.69, 9.17) is 0 Å². The van der Waals surface area contributed by atoms with Gasteiger partial charge < -0.3 is 10.2 Å². The van der Waals surface area contributed by atoms with E-state index in [2.05, 4.69) is 28.9 Å². The van der Waals surface area contributed by atoms with Crippen LogP contribution < -0.4 is 5.32 Å². The van der Waals surface area contributed by atoms with Crippen LogP contribution in [0.4, 0.5) is 0 Å². The number of hydrogen-bond donors (Lipinski definition) is 1. The summed E-state index contributed by atoms with van der Waals surface area (Å²) in [7, 11) is 0. The second kappa shape index (κ2) is 10.4. The summed E-state index contributed by atoms with van der Waals surface area (Å²) < 4.78 is 0. The zero-order chi connectivity index (χ0) is 19.8. The van der Waals surface area contributed by atoms with Crippen LogP contribution in [0, 0.1) is 5.92 Å². The Morgan fingerprint density at radius 3 is 2.43 bits per heavy atom. The van der Waals surface area contributed by atoms with Gasteiger partial charge >= 0.3 is 0 Å². The zero-order valence-electron chi connectivity index (χ0n) is 16.8. The molecular formula is C23H33N3O2. The molecule has 1 aliphatic heterocycles. The topological polar surface area (TPSA) is 52.7 Å². The van der Waals surface area contributed by atoms with E-state index in [1.54, 1.807) is 6.08 Å². The van der Waals surface area contributed by atoms with Crippen LogP contribution in [0.15, 0.2) is 43.0 Å². The van der Waals surface area contributed by atoms with E-state index >= 15 is 0 Å². The molecule has 1 unspecified atom stereocenters. The van der Waals surface area contributed by atoms with E-state index in [1.807, 2.05) is 23.1 Å². The van der Waals surface area contributed by atoms with Gasteiger partial charge in [-0.2, -0.15) is 0 Å². The third kappa shape index (κ3) is 5.44. The van der Waals surface area contributed by atoms with Crippen LogP contribution in [0.3, 0.4) is 0 Å². The number of hydrogen-bond acceptors (Lipinski definition) is 3. The lowest BCUT2D eigenvalue weighted by atomic mass is 9.95. The molecule has 5 nitrogen and oxygen atoms in total. The molecule has 1 saturated heterocycles. The lowest BCUT2D eigenvalue weighted by Crippen LogP contribution is -2.58. The van der Waals surface area contributed by atoms with Crippen molar-refractivity contribution in [3.05, 3.63) is 48.6 Å². The Morgan fingerprint density at radius 1 is 1.11 bits per heavy atom. The summed E-state index contributed by atoms with van der Waals surface area (Å²) >= 11 is 0. The SMILES string of the molecule is C=CCNC(=O)C(C1CCCC1)N1CCN(C(=O)CCc2ccccc2)CC1. The van der Waals surface area contributed by atoms with Crippen molar-refractivity contribution in [2.45, 2.75) is 44.6 Å². The maximum atomic E-state index is 12.8. The molecule has 2 fully saturated rings. The van der Waals surface area contributed by atoms with E-state index in [9.17, 15) is 9.59 Å². The monoisotopic (exact) mass is 383 g/mol. The van der Waals surface area contributed by atoms with Crippen molar-refractivity contribution in [2.24, 2.45) is 5.92 Å². The van der Waals surface area contributed by atoms with Gasteiger partial charge in [0.15, 0.2) is 0 Å². The number of carbonyl (C=O) groups excluding carboxylic acids is 2. The molecule has 1 heterocycles. The van der Waals surface area contributed by atoms with Crippen molar-refractivity contribution in [1.82, 2.24) is 15.1 Å². The number of amides is 2. The quantitative estimate of drug-likeness (QED) is 0.702. The van der Waals surface area contributed by atoms with Crippen LogP contribution in [-0.2, 0) is 16.0 Å². The standard InChI is InChI=1S/C23H33N3O2/c1-2-14-24-23(28)22(20-10-6-7-11-20)26-17-15-25(16-18-26)21(27)13-12-19-8-4-3-5-9-19/h2-5,8-9,20,22H,1,6-7,10-18H2,(H,24,28). The summed E-state index contributed by atoms with van der Waals surface area (Å²) in [5.41, 5.74) is 1.20. The van der Waals surface area contributed by atoms with Gasteiger partial charge in [0.1, 0.15) is 0 Å². The molecule has 0 aromatic heterocycles.